The van der Waals surface area contributed by atoms with Crippen LogP contribution in [0.2, 0.25) is 0 Å². The summed E-state index contributed by atoms with van der Waals surface area (Å²) >= 11 is 2.73. The van der Waals surface area contributed by atoms with Crippen LogP contribution in [-0.4, -0.2) is 46.8 Å². The van der Waals surface area contributed by atoms with Crippen molar-refractivity contribution in [3.05, 3.63) is 94.6 Å². The van der Waals surface area contributed by atoms with Crippen LogP contribution in [0, 0.1) is 6.92 Å². The summed E-state index contributed by atoms with van der Waals surface area (Å²) in [5.41, 5.74) is 3.20. The molecule has 1 saturated heterocycles. The van der Waals surface area contributed by atoms with Crippen molar-refractivity contribution in [3.8, 4) is 17.2 Å². The number of aliphatic hydroxyl groups excluding tert-OH is 1. The first-order valence-electron chi connectivity index (χ1n) is 14.4. The van der Waals surface area contributed by atoms with Crippen molar-refractivity contribution in [1.29, 1.82) is 0 Å². The molecule has 0 unspecified atom stereocenters. The van der Waals surface area contributed by atoms with Gasteiger partial charge < -0.3 is 19.3 Å². The molecule has 6 rings (SSSR count). The van der Waals surface area contributed by atoms with E-state index in [-0.39, 0.29) is 16.5 Å². The van der Waals surface area contributed by atoms with E-state index in [1.165, 1.54) is 33.6 Å². The van der Waals surface area contributed by atoms with Gasteiger partial charge in [-0.05, 0) is 54.8 Å². The highest BCUT2D eigenvalue weighted by Gasteiger charge is 2.48. The van der Waals surface area contributed by atoms with Gasteiger partial charge in [-0.2, -0.15) is 0 Å². The Bertz CT molecular complexity index is 1720. The predicted molar refractivity (Wildman–Crippen MR) is 170 cm³/mol. The lowest BCUT2D eigenvalue weighted by molar-refractivity contribution is -0.132. The molecule has 3 aromatic carbocycles. The van der Waals surface area contributed by atoms with Gasteiger partial charge in [-0.3, -0.25) is 14.5 Å². The molecule has 0 saturated carbocycles. The van der Waals surface area contributed by atoms with E-state index in [9.17, 15) is 14.7 Å². The monoisotopic (exact) mass is 629 g/mol. The molecule has 1 N–H and O–H groups in total. The third-order valence-electron chi connectivity index (χ3n) is 7.29. The number of carbonyl (C=O) groups excluding carboxylic acids is 2. The molecular weight excluding hydrogens is 599 g/mol. The number of unbranched alkanes of at least 4 members (excludes halogenated alkanes) is 1. The van der Waals surface area contributed by atoms with Crippen molar-refractivity contribution in [2.45, 2.75) is 42.8 Å². The molecule has 1 aromatic heterocycles. The molecule has 3 heterocycles. The fourth-order valence-electron chi connectivity index (χ4n) is 4.99. The van der Waals surface area contributed by atoms with E-state index in [1.807, 2.05) is 19.1 Å². The van der Waals surface area contributed by atoms with Gasteiger partial charge in [0.25, 0.3) is 5.78 Å². The molecule has 0 bridgehead atoms. The summed E-state index contributed by atoms with van der Waals surface area (Å²) in [7, 11) is 0. The molecule has 9 nitrogen and oxygen atoms in total. The van der Waals surface area contributed by atoms with Gasteiger partial charge in [0.2, 0.25) is 5.13 Å². The lowest BCUT2D eigenvalue weighted by Gasteiger charge is -2.23. The van der Waals surface area contributed by atoms with E-state index < -0.39 is 17.7 Å². The summed E-state index contributed by atoms with van der Waals surface area (Å²) < 4.78 is 17.9. The number of anilines is 1. The first-order chi connectivity index (χ1) is 21.4. The maximum absolute atomic E-state index is 13.7. The number of ketones is 1. The Morgan fingerprint density at radius 1 is 1.05 bits per heavy atom. The zero-order valence-electron chi connectivity index (χ0n) is 24.3. The average molecular weight is 630 g/mol. The number of Topliss-reactive ketones (excluding diaryl/α,β-unsaturated/α-hetero) is 1. The quantitative estimate of drug-likeness (QED) is 0.0511. The molecule has 1 atom stereocenters. The van der Waals surface area contributed by atoms with Crippen LogP contribution in [0.15, 0.2) is 76.6 Å². The summed E-state index contributed by atoms with van der Waals surface area (Å²) in [5.74, 6) is 0.360. The van der Waals surface area contributed by atoms with E-state index in [0.29, 0.717) is 58.3 Å². The average Bonchev–Trinajstić information content (AvgIpc) is 3.62. The number of carbonyl (C=O) groups is 2. The van der Waals surface area contributed by atoms with Gasteiger partial charge in [0.15, 0.2) is 15.8 Å². The van der Waals surface area contributed by atoms with Crippen molar-refractivity contribution in [2.24, 2.45) is 0 Å². The van der Waals surface area contributed by atoms with Crippen LogP contribution in [-0.2, 0) is 15.3 Å². The molecule has 2 aliphatic heterocycles. The fraction of sp³-hybridized carbons (Fsp3) is 0.273. The Balaban J connectivity index is 1.38. The minimum absolute atomic E-state index is 0.0542. The summed E-state index contributed by atoms with van der Waals surface area (Å²) in [6.07, 6.45) is 1.87. The third-order valence-corrected chi connectivity index (χ3v) is 9.41. The Labute approximate surface area is 263 Å². The van der Waals surface area contributed by atoms with Gasteiger partial charge in [0, 0.05) is 11.3 Å². The molecule has 0 spiro atoms. The van der Waals surface area contributed by atoms with Crippen LogP contribution in [0.3, 0.4) is 0 Å². The lowest BCUT2D eigenvalue weighted by atomic mass is 9.95. The van der Waals surface area contributed by atoms with Crippen molar-refractivity contribution in [2.75, 3.05) is 24.7 Å². The molecule has 2 aliphatic rings. The number of hydrogen-bond acceptors (Lipinski definition) is 10. The van der Waals surface area contributed by atoms with Crippen molar-refractivity contribution < 1.29 is 28.9 Å². The second-order valence-corrected chi connectivity index (χ2v) is 12.6. The van der Waals surface area contributed by atoms with Gasteiger partial charge in [0.1, 0.15) is 24.7 Å². The normalized spacial score (nSPS) is 17.2. The highest BCUT2D eigenvalue weighted by Crippen LogP contribution is 2.45. The number of amides is 1. The second kappa shape index (κ2) is 13.1. The van der Waals surface area contributed by atoms with Gasteiger partial charge >= 0.3 is 5.91 Å². The molecule has 4 aromatic rings. The standard InChI is InChI=1S/C33H31N3O6S2/c1-3-4-14-40-24-7-5-6-22(17-24)28-27(29(37)23-12-13-25-26(18-23)42-16-15-41-25)30(38)31(39)36(28)32-34-35-33(44-32)43-19-21-10-8-20(2)9-11-21/h5-13,17-18,28,37H,3-4,14-16,19H2,1-2H3/b29-27+/t28-/m0/s1. The smallest absolute Gasteiger partial charge is 0.301 e. The Morgan fingerprint density at radius 3 is 2.64 bits per heavy atom. The zero-order valence-corrected chi connectivity index (χ0v) is 26.0. The molecule has 44 heavy (non-hydrogen) atoms. The van der Waals surface area contributed by atoms with Gasteiger partial charge in [0.05, 0.1) is 18.2 Å². The van der Waals surface area contributed by atoms with Gasteiger partial charge in [-0.25, -0.2) is 0 Å². The fourth-order valence-corrected chi connectivity index (χ4v) is 6.81. The molecule has 1 fully saturated rings. The van der Waals surface area contributed by atoms with Crippen LogP contribution >= 0.6 is 23.1 Å². The highest BCUT2D eigenvalue weighted by molar-refractivity contribution is 8.00. The molecular formula is C33H31N3O6S2. The van der Waals surface area contributed by atoms with Gasteiger partial charge in [-0.15, -0.1) is 10.2 Å². The third kappa shape index (κ3) is 6.15. The van der Waals surface area contributed by atoms with Crippen LogP contribution < -0.4 is 19.1 Å². The van der Waals surface area contributed by atoms with Crippen LogP contribution in [0.4, 0.5) is 5.13 Å². The van der Waals surface area contributed by atoms with E-state index in [2.05, 4.69) is 41.4 Å². The number of aryl methyl sites for hydroxylation is 1. The number of aromatic nitrogens is 2. The van der Waals surface area contributed by atoms with E-state index in [0.717, 1.165) is 18.4 Å². The zero-order chi connectivity index (χ0) is 30.6. The van der Waals surface area contributed by atoms with Crippen LogP contribution in [0.25, 0.3) is 5.76 Å². The highest BCUT2D eigenvalue weighted by atomic mass is 32.2. The maximum Gasteiger partial charge on any atom is 0.301 e. The van der Waals surface area contributed by atoms with Gasteiger partial charge in [-0.1, -0.05) is 78.4 Å². The number of ether oxygens (including phenoxy) is 3. The number of thioether (sulfide) groups is 1. The number of hydrogen-bond donors (Lipinski definition) is 1. The summed E-state index contributed by atoms with van der Waals surface area (Å²) in [4.78, 5) is 28.7. The summed E-state index contributed by atoms with van der Waals surface area (Å²) in [6, 6.07) is 19.5. The van der Waals surface area contributed by atoms with Crippen molar-refractivity contribution >= 4 is 45.7 Å². The largest absolute Gasteiger partial charge is 0.507 e. The molecule has 0 radical (unpaired) electrons. The molecule has 0 aliphatic carbocycles. The Kier molecular flexibility index (Phi) is 8.85. The number of rotatable bonds is 10. The predicted octanol–water partition coefficient (Wildman–Crippen LogP) is 6.72. The second-order valence-electron chi connectivity index (χ2n) is 10.4. The topological polar surface area (TPSA) is 111 Å². The summed E-state index contributed by atoms with van der Waals surface area (Å²) in [6.45, 7) is 5.46. The van der Waals surface area contributed by atoms with E-state index in [4.69, 9.17) is 14.2 Å². The molecule has 1 amide bonds. The van der Waals surface area contributed by atoms with Crippen LogP contribution in [0.5, 0.6) is 17.2 Å². The number of nitrogens with zero attached hydrogens (tertiary/aromatic N) is 3. The molecule has 226 valence electrons. The SMILES string of the molecule is CCCCOc1cccc([C@H]2/C(=C(\O)c3ccc4c(c3)OCCO4)C(=O)C(=O)N2c2nnc(SCc3ccc(C)cc3)s2)c1. The Morgan fingerprint density at radius 2 is 1.84 bits per heavy atom. The van der Waals surface area contributed by atoms with Crippen molar-refractivity contribution in [1.82, 2.24) is 10.2 Å². The first-order valence-corrected chi connectivity index (χ1v) is 16.2. The molecule has 11 heteroatoms. The minimum Gasteiger partial charge on any atom is -0.507 e. The maximum atomic E-state index is 13.7. The lowest BCUT2D eigenvalue weighted by Crippen LogP contribution is -2.29. The minimum atomic E-state index is -0.958. The Hall–Kier alpha value is -4.35. The van der Waals surface area contributed by atoms with E-state index >= 15 is 0 Å². The summed E-state index contributed by atoms with van der Waals surface area (Å²) in [5, 5.41) is 20.5. The number of aliphatic hydroxyl groups is 1. The number of fused-ring (bicyclic) bond motifs is 1. The number of benzene rings is 3. The van der Waals surface area contributed by atoms with Crippen LogP contribution in [0.1, 0.15) is 48.1 Å². The van der Waals surface area contributed by atoms with Crippen molar-refractivity contribution in [3.63, 3.8) is 0 Å². The first kappa shape index (κ1) is 29.7. The van der Waals surface area contributed by atoms with E-state index in [1.54, 1.807) is 30.3 Å².